The summed E-state index contributed by atoms with van der Waals surface area (Å²) in [6.45, 7) is 0.722. The summed E-state index contributed by atoms with van der Waals surface area (Å²) in [5, 5.41) is 0.971. The number of ether oxygens (including phenoxy) is 1. The molecular weight excluding hydrogens is 262 g/mol. The van der Waals surface area contributed by atoms with E-state index in [1.165, 1.54) is 6.42 Å². The minimum Gasteiger partial charge on any atom is -0.375 e. The van der Waals surface area contributed by atoms with Gasteiger partial charge in [-0.1, -0.05) is 18.2 Å². The highest BCUT2D eigenvalue weighted by atomic mass is 16.5. The molecule has 1 atom stereocenters. The van der Waals surface area contributed by atoms with Gasteiger partial charge in [0.25, 0.3) is 0 Å². The third-order valence-electron chi connectivity index (χ3n) is 5.04. The molecule has 0 bridgehead atoms. The van der Waals surface area contributed by atoms with E-state index in [9.17, 15) is 4.79 Å². The molecule has 1 aliphatic heterocycles. The van der Waals surface area contributed by atoms with Gasteiger partial charge >= 0.3 is 0 Å². The van der Waals surface area contributed by atoms with Crippen molar-refractivity contribution in [2.24, 2.45) is 5.92 Å². The number of carbonyl (C=O) groups excluding carboxylic acids is 1. The number of fused-ring (bicyclic) bond motifs is 1. The Bertz CT molecular complexity index is 685. The van der Waals surface area contributed by atoms with Crippen LogP contribution in [0.25, 0.3) is 10.9 Å². The fourth-order valence-corrected chi connectivity index (χ4v) is 3.71. The van der Waals surface area contributed by atoms with Gasteiger partial charge in [0, 0.05) is 29.7 Å². The van der Waals surface area contributed by atoms with Crippen LogP contribution in [0, 0.1) is 5.92 Å². The number of hydrogen-bond acceptors (Lipinski definition) is 3. The number of rotatable bonds is 2. The minimum absolute atomic E-state index is 0.0153. The first-order valence-electron chi connectivity index (χ1n) is 7.79. The Kier molecular flexibility index (Phi) is 3.03. The molecule has 108 valence electrons. The number of carbonyl (C=O) groups is 1. The summed E-state index contributed by atoms with van der Waals surface area (Å²) in [5.74, 6) is 0.369. The maximum Gasteiger partial charge on any atom is 0.166 e. The number of hydrogen-bond donors (Lipinski definition) is 0. The van der Waals surface area contributed by atoms with Crippen LogP contribution in [0.3, 0.4) is 0 Å². The highest BCUT2D eigenvalue weighted by Gasteiger charge is 2.44. The maximum absolute atomic E-state index is 13.0. The largest absolute Gasteiger partial charge is 0.375 e. The molecule has 4 rings (SSSR count). The first-order valence-corrected chi connectivity index (χ1v) is 7.79. The van der Waals surface area contributed by atoms with Gasteiger partial charge in [0.1, 0.15) is 0 Å². The fourth-order valence-electron chi connectivity index (χ4n) is 3.71. The van der Waals surface area contributed by atoms with Crippen molar-refractivity contribution in [3.63, 3.8) is 0 Å². The van der Waals surface area contributed by atoms with E-state index >= 15 is 0 Å². The van der Waals surface area contributed by atoms with Crippen molar-refractivity contribution in [2.75, 3.05) is 6.61 Å². The number of nitrogens with zero attached hydrogens (tertiary/aromatic N) is 1. The van der Waals surface area contributed by atoms with E-state index in [1.807, 2.05) is 30.3 Å². The van der Waals surface area contributed by atoms with E-state index in [0.29, 0.717) is 0 Å². The molecule has 2 aliphatic rings. The lowest BCUT2D eigenvalue weighted by molar-refractivity contribution is -0.137. The van der Waals surface area contributed by atoms with E-state index in [4.69, 9.17) is 4.74 Å². The van der Waals surface area contributed by atoms with Crippen LogP contribution < -0.4 is 0 Å². The molecule has 2 aromatic rings. The third kappa shape index (κ3) is 2.16. The molecule has 0 amide bonds. The summed E-state index contributed by atoms with van der Waals surface area (Å²) in [4.78, 5) is 17.3. The summed E-state index contributed by atoms with van der Waals surface area (Å²) in [5.41, 5.74) is 1.73. The molecule has 0 radical (unpaired) electrons. The van der Waals surface area contributed by atoms with E-state index < -0.39 is 0 Å². The lowest BCUT2D eigenvalue weighted by Gasteiger charge is -2.46. The number of Topliss-reactive ketones (excluding diaryl/α,β-unsaturated/α-hetero) is 1. The molecule has 0 N–H and O–H groups in total. The monoisotopic (exact) mass is 281 g/mol. The van der Waals surface area contributed by atoms with Crippen LogP contribution in [-0.4, -0.2) is 23.0 Å². The highest BCUT2D eigenvalue weighted by Crippen LogP contribution is 2.45. The number of benzene rings is 1. The SMILES string of the molecule is O=C(c1cccc2ncccc12)C1CCOC2(CCC2)C1. The molecule has 21 heavy (non-hydrogen) atoms. The van der Waals surface area contributed by atoms with Crippen molar-refractivity contribution in [3.8, 4) is 0 Å². The molecule has 1 aliphatic carbocycles. The third-order valence-corrected chi connectivity index (χ3v) is 5.04. The molecule has 1 aromatic carbocycles. The second-order valence-electron chi connectivity index (χ2n) is 6.31. The minimum atomic E-state index is 0.0153. The Balaban J connectivity index is 1.67. The van der Waals surface area contributed by atoms with Gasteiger partial charge in [-0.2, -0.15) is 0 Å². The first-order chi connectivity index (χ1) is 10.3. The van der Waals surface area contributed by atoms with Crippen molar-refractivity contribution in [2.45, 2.75) is 37.7 Å². The predicted molar refractivity (Wildman–Crippen MR) is 81.3 cm³/mol. The van der Waals surface area contributed by atoms with Crippen molar-refractivity contribution in [3.05, 3.63) is 42.1 Å². The summed E-state index contributed by atoms with van der Waals surface area (Å²) in [6, 6.07) is 9.73. The second-order valence-corrected chi connectivity index (χ2v) is 6.31. The number of aromatic nitrogens is 1. The Morgan fingerprint density at radius 2 is 2.14 bits per heavy atom. The van der Waals surface area contributed by atoms with Crippen molar-refractivity contribution in [1.82, 2.24) is 4.98 Å². The Morgan fingerprint density at radius 1 is 1.24 bits per heavy atom. The summed E-state index contributed by atoms with van der Waals surface area (Å²) < 4.78 is 5.94. The van der Waals surface area contributed by atoms with E-state index in [1.54, 1.807) is 6.20 Å². The average Bonchev–Trinajstić information content (AvgIpc) is 2.52. The van der Waals surface area contributed by atoms with Gasteiger partial charge in [-0.3, -0.25) is 9.78 Å². The molecule has 1 unspecified atom stereocenters. The predicted octanol–water partition coefficient (Wildman–Crippen LogP) is 3.77. The van der Waals surface area contributed by atoms with Gasteiger partial charge in [0.2, 0.25) is 0 Å². The zero-order valence-corrected chi connectivity index (χ0v) is 12.0. The van der Waals surface area contributed by atoms with E-state index in [0.717, 1.165) is 48.8 Å². The topological polar surface area (TPSA) is 39.2 Å². The summed E-state index contributed by atoms with van der Waals surface area (Å²) in [7, 11) is 0. The van der Waals surface area contributed by atoms with Gasteiger partial charge in [-0.15, -0.1) is 0 Å². The van der Waals surface area contributed by atoms with Crippen LogP contribution >= 0.6 is 0 Å². The standard InChI is InChI=1S/C18H19NO2/c20-17(13-7-11-21-18(12-13)8-3-9-18)15-4-1-6-16-14(15)5-2-10-19-16/h1-2,4-6,10,13H,3,7-9,11-12H2. The number of ketones is 1. The summed E-state index contributed by atoms with van der Waals surface area (Å²) >= 11 is 0. The second kappa shape index (κ2) is 4.92. The van der Waals surface area contributed by atoms with E-state index in [2.05, 4.69) is 4.98 Å². The highest BCUT2D eigenvalue weighted by molar-refractivity contribution is 6.08. The molecule has 1 saturated heterocycles. The zero-order chi connectivity index (χ0) is 14.3. The van der Waals surface area contributed by atoms with Gasteiger partial charge < -0.3 is 4.74 Å². The number of pyridine rings is 1. The molecular formula is C18H19NO2. The molecule has 1 aromatic heterocycles. The molecule has 2 heterocycles. The van der Waals surface area contributed by atoms with E-state index in [-0.39, 0.29) is 17.3 Å². The maximum atomic E-state index is 13.0. The van der Waals surface area contributed by atoms with Gasteiger partial charge in [-0.25, -0.2) is 0 Å². The van der Waals surface area contributed by atoms with Crippen molar-refractivity contribution >= 4 is 16.7 Å². The van der Waals surface area contributed by atoms with Crippen LogP contribution in [0.4, 0.5) is 0 Å². The Hall–Kier alpha value is -1.74. The molecule has 2 fully saturated rings. The molecule has 1 spiro atoms. The normalized spacial score (nSPS) is 23.9. The zero-order valence-electron chi connectivity index (χ0n) is 12.0. The van der Waals surface area contributed by atoms with Gasteiger partial charge in [0.05, 0.1) is 11.1 Å². The molecule has 3 heteroatoms. The Morgan fingerprint density at radius 3 is 2.95 bits per heavy atom. The fraction of sp³-hybridized carbons (Fsp3) is 0.444. The average molecular weight is 281 g/mol. The van der Waals surface area contributed by atoms with Crippen LogP contribution in [-0.2, 0) is 4.74 Å². The van der Waals surface area contributed by atoms with Crippen LogP contribution in [0.2, 0.25) is 0 Å². The molecule has 1 saturated carbocycles. The lowest BCUT2D eigenvalue weighted by atomic mass is 9.70. The lowest BCUT2D eigenvalue weighted by Crippen LogP contribution is -2.47. The smallest absolute Gasteiger partial charge is 0.166 e. The quantitative estimate of drug-likeness (QED) is 0.787. The Labute approximate surface area is 124 Å². The van der Waals surface area contributed by atoms with Crippen molar-refractivity contribution in [1.29, 1.82) is 0 Å². The van der Waals surface area contributed by atoms with Gasteiger partial charge in [-0.05, 0) is 44.2 Å². The molecule has 3 nitrogen and oxygen atoms in total. The van der Waals surface area contributed by atoms with Gasteiger partial charge in [0.15, 0.2) is 5.78 Å². The summed E-state index contributed by atoms with van der Waals surface area (Å²) in [6.07, 6.45) is 6.98. The first kappa shape index (κ1) is 13.0. The van der Waals surface area contributed by atoms with Crippen LogP contribution in [0.5, 0.6) is 0 Å². The van der Waals surface area contributed by atoms with Crippen LogP contribution in [0.15, 0.2) is 36.5 Å². The van der Waals surface area contributed by atoms with Crippen LogP contribution in [0.1, 0.15) is 42.5 Å². The van der Waals surface area contributed by atoms with Crippen molar-refractivity contribution < 1.29 is 9.53 Å².